The van der Waals surface area contributed by atoms with Crippen molar-refractivity contribution in [2.24, 2.45) is 0 Å². The Morgan fingerprint density at radius 3 is 2.04 bits per heavy atom. The maximum Gasteiger partial charge on any atom is 0.319 e. The van der Waals surface area contributed by atoms with Gasteiger partial charge in [0.25, 0.3) is 5.91 Å². The van der Waals surface area contributed by atoms with Gasteiger partial charge in [0.1, 0.15) is 0 Å². The largest absolute Gasteiger partial charge is 0.336 e. The summed E-state index contributed by atoms with van der Waals surface area (Å²) in [7, 11) is 0. The van der Waals surface area contributed by atoms with E-state index >= 15 is 0 Å². The van der Waals surface area contributed by atoms with Crippen LogP contribution in [0.1, 0.15) is 35.3 Å². The summed E-state index contributed by atoms with van der Waals surface area (Å²) in [4.78, 5) is 24.1. The van der Waals surface area contributed by atoms with Crippen LogP contribution in [0.5, 0.6) is 0 Å². The standard InChI is InChI=1S/C19H23N3O2/c1-12(2)20-19(24)22-17-7-5-6-16(11-17)21-18(23)15-9-13(3)8-14(4)10-15/h5-12H,1-4H3,(H,21,23)(H2,20,22,24). The average molecular weight is 325 g/mol. The molecule has 0 aliphatic heterocycles. The molecule has 0 spiro atoms. The van der Waals surface area contributed by atoms with Crippen molar-refractivity contribution in [1.29, 1.82) is 0 Å². The lowest BCUT2D eigenvalue weighted by atomic mass is 10.1. The third kappa shape index (κ3) is 5.12. The molecule has 2 aromatic carbocycles. The Hall–Kier alpha value is -2.82. The van der Waals surface area contributed by atoms with Crippen molar-refractivity contribution in [3.63, 3.8) is 0 Å². The van der Waals surface area contributed by atoms with Gasteiger partial charge < -0.3 is 16.0 Å². The number of carbonyl (C=O) groups is 2. The molecular weight excluding hydrogens is 302 g/mol. The summed E-state index contributed by atoms with van der Waals surface area (Å²) in [5, 5.41) is 8.35. The topological polar surface area (TPSA) is 70.2 Å². The van der Waals surface area contributed by atoms with Gasteiger partial charge >= 0.3 is 6.03 Å². The molecule has 5 heteroatoms. The molecule has 24 heavy (non-hydrogen) atoms. The van der Waals surface area contributed by atoms with E-state index in [2.05, 4.69) is 16.0 Å². The molecule has 0 aliphatic rings. The highest BCUT2D eigenvalue weighted by atomic mass is 16.2. The number of aryl methyl sites for hydroxylation is 2. The van der Waals surface area contributed by atoms with Gasteiger partial charge in [-0.25, -0.2) is 4.79 Å². The van der Waals surface area contributed by atoms with Gasteiger partial charge in [0.05, 0.1) is 0 Å². The van der Waals surface area contributed by atoms with Crippen LogP contribution in [0, 0.1) is 13.8 Å². The molecular formula is C19H23N3O2. The Balaban J connectivity index is 2.08. The number of hydrogen-bond acceptors (Lipinski definition) is 2. The minimum atomic E-state index is -0.275. The summed E-state index contributed by atoms with van der Waals surface area (Å²) in [5.41, 5.74) is 3.94. The van der Waals surface area contributed by atoms with E-state index in [0.717, 1.165) is 11.1 Å². The minimum Gasteiger partial charge on any atom is -0.336 e. The number of benzene rings is 2. The second kappa shape index (κ2) is 7.64. The first-order valence-corrected chi connectivity index (χ1v) is 7.91. The van der Waals surface area contributed by atoms with Gasteiger partial charge in [-0.05, 0) is 58.0 Å². The molecule has 0 heterocycles. The highest BCUT2D eigenvalue weighted by Crippen LogP contribution is 2.17. The molecule has 3 amide bonds. The van der Waals surface area contributed by atoms with Crippen LogP contribution in [0.15, 0.2) is 42.5 Å². The zero-order valence-corrected chi connectivity index (χ0v) is 14.4. The molecule has 0 saturated carbocycles. The molecule has 0 fully saturated rings. The Labute approximate surface area is 142 Å². The zero-order chi connectivity index (χ0) is 17.7. The van der Waals surface area contributed by atoms with Crippen LogP contribution in [0.3, 0.4) is 0 Å². The molecule has 0 saturated heterocycles. The smallest absolute Gasteiger partial charge is 0.319 e. The fourth-order valence-corrected chi connectivity index (χ4v) is 2.41. The first-order valence-electron chi connectivity index (χ1n) is 7.91. The molecule has 3 N–H and O–H groups in total. The predicted molar refractivity (Wildman–Crippen MR) is 97.6 cm³/mol. The average Bonchev–Trinajstić information content (AvgIpc) is 2.45. The monoisotopic (exact) mass is 325 g/mol. The number of hydrogen-bond donors (Lipinski definition) is 3. The van der Waals surface area contributed by atoms with Crippen LogP contribution in [-0.4, -0.2) is 18.0 Å². The molecule has 0 aliphatic carbocycles. The van der Waals surface area contributed by atoms with E-state index in [1.165, 1.54) is 0 Å². The Morgan fingerprint density at radius 2 is 1.46 bits per heavy atom. The molecule has 0 atom stereocenters. The number of anilines is 2. The minimum absolute atomic E-state index is 0.0532. The lowest BCUT2D eigenvalue weighted by Crippen LogP contribution is -2.34. The van der Waals surface area contributed by atoms with E-state index in [4.69, 9.17) is 0 Å². The van der Waals surface area contributed by atoms with E-state index in [-0.39, 0.29) is 18.0 Å². The summed E-state index contributed by atoms with van der Waals surface area (Å²) in [6, 6.07) is 12.6. The van der Waals surface area contributed by atoms with E-state index in [1.54, 1.807) is 24.3 Å². The van der Waals surface area contributed by atoms with Crippen molar-refractivity contribution in [3.05, 3.63) is 59.2 Å². The molecule has 0 bridgehead atoms. The summed E-state index contributed by atoms with van der Waals surface area (Å²) < 4.78 is 0. The molecule has 2 rings (SSSR count). The lowest BCUT2D eigenvalue weighted by Gasteiger charge is -2.12. The van der Waals surface area contributed by atoms with Gasteiger partial charge in [-0.3, -0.25) is 4.79 Å². The number of urea groups is 1. The van der Waals surface area contributed by atoms with Crippen LogP contribution in [0.2, 0.25) is 0 Å². The Kier molecular flexibility index (Phi) is 5.58. The zero-order valence-electron chi connectivity index (χ0n) is 14.4. The first-order chi connectivity index (χ1) is 11.3. The quantitative estimate of drug-likeness (QED) is 0.792. The molecule has 0 unspecified atom stereocenters. The van der Waals surface area contributed by atoms with Crippen molar-refractivity contribution < 1.29 is 9.59 Å². The van der Waals surface area contributed by atoms with Crippen molar-refractivity contribution in [2.75, 3.05) is 10.6 Å². The van der Waals surface area contributed by atoms with Crippen LogP contribution in [-0.2, 0) is 0 Å². The summed E-state index contributed by atoms with van der Waals surface area (Å²) >= 11 is 0. The van der Waals surface area contributed by atoms with Crippen molar-refractivity contribution in [2.45, 2.75) is 33.7 Å². The maximum atomic E-state index is 12.4. The molecule has 0 radical (unpaired) electrons. The van der Waals surface area contributed by atoms with E-state index < -0.39 is 0 Å². The molecule has 0 aromatic heterocycles. The van der Waals surface area contributed by atoms with Gasteiger partial charge in [0.2, 0.25) is 0 Å². The number of rotatable bonds is 4. The lowest BCUT2D eigenvalue weighted by molar-refractivity contribution is 0.102. The van der Waals surface area contributed by atoms with Gasteiger partial charge in [-0.1, -0.05) is 23.3 Å². The second-order valence-corrected chi connectivity index (χ2v) is 6.16. The van der Waals surface area contributed by atoms with Crippen LogP contribution in [0.4, 0.5) is 16.2 Å². The van der Waals surface area contributed by atoms with Gasteiger partial charge in [0, 0.05) is 23.0 Å². The van der Waals surface area contributed by atoms with Crippen molar-refractivity contribution in [3.8, 4) is 0 Å². The Morgan fingerprint density at radius 1 is 0.875 bits per heavy atom. The number of amides is 3. The number of nitrogens with one attached hydrogen (secondary N) is 3. The van der Waals surface area contributed by atoms with Crippen LogP contribution < -0.4 is 16.0 Å². The summed E-state index contributed by atoms with van der Waals surface area (Å²) in [6.45, 7) is 7.70. The van der Waals surface area contributed by atoms with E-state index in [9.17, 15) is 9.59 Å². The highest BCUT2D eigenvalue weighted by Gasteiger charge is 2.09. The van der Waals surface area contributed by atoms with E-state index in [1.807, 2.05) is 45.9 Å². The molecule has 126 valence electrons. The summed E-state index contributed by atoms with van der Waals surface area (Å²) in [5.74, 6) is -0.175. The molecule has 5 nitrogen and oxygen atoms in total. The van der Waals surface area contributed by atoms with Gasteiger partial charge in [0.15, 0.2) is 0 Å². The second-order valence-electron chi connectivity index (χ2n) is 6.16. The van der Waals surface area contributed by atoms with Crippen molar-refractivity contribution in [1.82, 2.24) is 5.32 Å². The number of carbonyl (C=O) groups excluding carboxylic acids is 2. The van der Waals surface area contributed by atoms with Crippen molar-refractivity contribution >= 4 is 23.3 Å². The SMILES string of the molecule is Cc1cc(C)cc(C(=O)Nc2cccc(NC(=O)NC(C)C)c2)c1. The third-order valence-corrected chi connectivity index (χ3v) is 3.28. The highest BCUT2D eigenvalue weighted by molar-refractivity contribution is 6.05. The van der Waals surface area contributed by atoms with Gasteiger partial charge in [-0.2, -0.15) is 0 Å². The maximum absolute atomic E-state index is 12.4. The van der Waals surface area contributed by atoms with E-state index in [0.29, 0.717) is 16.9 Å². The molecule has 2 aromatic rings. The first kappa shape index (κ1) is 17.5. The Bertz CT molecular complexity index is 734. The fraction of sp³-hybridized carbons (Fsp3) is 0.263. The van der Waals surface area contributed by atoms with Crippen LogP contribution in [0.25, 0.3) is 0 Å². The predicted octanol–water partition coefficient (Wildman–Crippen LogP) is 4.09. The van der Waals surface area contributed by atoms with Gasteiger partial charge in [-0.15, -0.1) is 0 Å². The normalized spacial score (nSPS) is 10.4. The third-order valence-electron chi connectivity index (χ3n) is 3.28. The van der Waals surface area contributed by atoms with Crippen LogP contribution >= 0.6 is 0 Å². The summed E-state index contributed by atoms with van der Waals surface area (Å²) in [6.07, 6.45) is 0. The fourth-order valence-electron chi connectivity index (χ4n) is 2.41.